The maximum absolute atomic E-state index is 12.6. The number of halogens is 1. The number of thiazole rings is 1. The molecule has 0 fully saturated rings. The Kier molecular flexibility index (Phi) is 6.53. The molecular weight excluding hydrogens is 416 g/mol. The maximum Gasteiger partial charge on any atom is 0.416 e. The molecule has 0 saturated carbocycles. The van der Waals surface area contributed by atoms with Gasteiger partial charge in [0.15, 0.2) is 0 Å². The molecular formula is C19H15ClN4O4S. The van der Waals surface area contributed by atoms with Crippen molar-refractivity contribution in [2.45, 2.75) is 6.54 Å². The summed E-state index contributed by atoms with van der Waals surface area (Å²) < 4.78 is 5.15. The number of aromatic nitrogens is 2. The molecule has 0 aliphatic rings. The maximum atomic E-state index is 12.6. The van der Waals surface area contributed by atoms with Crippen LogP contribution in [-0.2, 0) is 11.3 Å². The number of nitro groups is 1. The molecule has 0 saturated heterocycles. The highest BCUT2D eigenvalue weighted by molar-refractivity contribution is 7.13. The van der Waals surface area contributed by atoms with Gasteiger partial charge in [0.2, 0.25) is 0 Å². The van der Waals surface area contributed by atoms with E-state index in [9.17, 15) is 14.9 Å². The number of carbonyl (C=O) groups is 1. The van der Waals surface area contributed by atoms with Crippen LogP contribution in [0.3, 0.4) is 0 Å². The van der Waals surface area contributed by atoms with Crippen LogP contribution in [0.15, 0.2) is 60.8 Å². The topological polar surface area (TPSA) is 98.5 Å². The normalized spacial score (nSPS) is 10.4. The van der Waals surface area contributed by atoms with Gasteiger partial charge in [0.05, 0.1) is 22.1 Å². The molecule has 0 unspecified atom stereocenters. The van der Waals surface area contributed by atoms with Crippen LogP contribution in [0.5, 0.6) is 0 Å². The number of carbonyl (C=O) groups excluding carboxylic acids is 1. The first-order valence-electron chi connectivity index (χ1n) is 8.34. The molecule has 0 aliphatic carbocycles. The standard InChI is InChI=1S/C19H15ClN4O4S/c1-2-10-28-19(25)23(11-14-15(20)4-3-5-16(14)24(26)27)17-12-29-18(22-17)13-6-8-21-9-7-13/h2-9,12H,1,10-11H2. The minimum atomic E-state index is -0.717. The average molecular weight is 431 g/mol. The molecule has 1 amide bonds. The Morgan fingerprint density at radius 2 is 2.10 bits per heavy atom. The number of nitro benzene ring substituents is 1. The van der Waals surface area contributed by atoms with Gasteiger partial charge < -0.3 is 4.74 Å². The smallest absolute Gasteiger partial charge is 0.416 e. The Balaban J connectivity index is 1.99. The second-order valence-electron chi connectivity index (χ2n) is 5.69. The highest BCUT2D eigenvalue weighted by Gasteiger charge is 2.26. The summed E-state index contributed by atoms with van der Waals surface area (Å²) in [6.45, 7) is 3.33. The van der Waals surface area contributed by atoms with Crippen LogP contribution >= 0.6 is 22.9 Å². The van der Waals surface area contributed by atoms with E-state index in [0.717, 1.165) is 5.56 Å². The summed E-state index contributed by atoms with van der Waals surface area (Å²) in [5.74, 6) is 0.296. The lowest BCUT2D eigenvalue weighted by Crippen LogP contribution is -2.31. The number of anilines is 1. The Hall–Kier alpha value is -3.30. The van der Waals surface area contributed by atoms with Crippen LogP contribution in [-0.4, -0.2) is 27.6 Å². The lowest BCUT2D eigenvalue weighted by molar-refractivity contribution is -0.385. The SMILES string of the molecule is C=CCOC(=O)N(Cc1c(Cl)cccc1[N+](=O)[O-])c1csc(-c2ccncc2)n1. The zero-order valence-electron chi connectivity index (χ0n) is 15.0. The molecule has 148 valence electrons. The molecule has 0 spiro atoms. The van der Waals surface area contributed by atoms with Crippen LogP contribution in [0.2, 0.25) is 5.02 Å². The molecule has 0 atom stereocenters. The summed E-state index contributed by atoms with van der Waals surface area (Å²) in [6, 6.07) is 7.93. The van der Waals surface area contributed by atoms with Gasteiger partial charge >= 0.3 is 6.09 Å². The van der Waals surface area contributed by atoms with Crippen molar-refractivity contribution >= 4 is 40.5 Å². The van der Waals surface area contributed by atoms with Gasteiger partial charge in [-0.1, -0.05) is 30.3 Å². The molecule has 8 nitrogen and oxygen atoms in total. The van der Waals surface area contributed by atoms with Crippen molar-refractivity contribution in [3.8, 4) is 10.6 Å². The summed E-state index contributed by atoms with van der Waals surface area (Å²) in [6.07, 6.45) is 3.99. The van der Waals surface area contributed by atoms with Gasteiger partial charge in [0.1, 0.15) is 17.4 Å². The minimum absolute atomic E-state index is 0.0126. The van der Waals surface area contributed by atoms with E-state index in [0.29, 0.717) is 10.8 Å². The third-order valence-electron chi connectivity index (χ3n) is 3.85. The van der Waals surface area contributed by atoms with Crippen LogP contribution < -0.4 is 4.90 Å². The molecule has 29 heavy (non-hydrogen) atoms. The van der Waals surface area contributed by atoms with Crippen LogP contribution in [0.1, 0.15) is 5.56 Å². The number of benzene rings is 1. The van der Waals surface area contributed by atoms with Gasteiger partial charge in [0, 0.05) is 29.4 Å². The lowest BCUT2D eigenvalue weighted by atomic mass is 10.1. The van der Waals surface area contributed by atoms with Crippen LogP contribution in [0.25, 0.3) is 10.6 Å². The first kappa shape index (κ1) is 20.4. The van der Waals surface area contributed by atoms with Gasteiger partial charge in [-0.25, -0.2) is 9.78 Å². The Labute approximate surface area is 175 Å². The van der Waals surface area contributed by atoms with E-state index in [2.05, 4.69) is 16.5 Å². The van der Waals surface area contributed by atoms with Crippen molar-refractivity contribution in [3.05, 3.63) is 81.5 Å². The molecule has 0 N–H and O–H groups in total. The molecule has 0 bridgehead atoms. The van der Waals surface area contributed by atoms with E-state index < -0.39 is 11.0 Å². The minimum Gasteiger partial charge on any atom is -0.445 e. The highest BCUT2D eigenvalue weighted by atomic mass is 35.5. The Bertz CT molecular complexity index is 1040. The third kappa shape index (κ3) is 4.76. The van der Waals surface area contributed by atoms with Gasteiger partial charge in [-0.2, -0.15) is 0 Å². The molecule has 0 radical (unpaired) electrons. The van der Waals surface area contributed by atoms with Gasteiger partial charge in [-0.05, 0) is 18.2 Å². The molecule has 3 rings (SSSR count). The summed E-state index contributed by atoms with van der Waals surface area (Å²) in [5, 5.41) is 13.9. The number of ether oxygens (including phenoxy) is 1. The van der Waals surface area contributed by atoms with E-state index >= 15 is 0 Å². The highest BCUT2D eigenvalue weighted by Crippen LogP contribution is 2.32. The molecule has 0 aliphatic heterocycles. The van der Waals surface area contributed by atoms with Crippen LogP contribution in [0, 0.1) is 10.1 Å². The molecule has 2 heterocycles. The van der Waals surface area contributed by atoms with Crippen molar-refractivity contribution in [1.29, 1.82) is 0 Å². The molecule has 10 heteroatoms. The Morgan fingerprint density at radius 3 is 2.79 bits per heavy atom. The van der Waals surface area contributed by atoms with Crippen molar-refractivity contribution < 1.29 is 14.5 Å². The fraction of sp³-hybridized carbons (Fsp3) is 0.105. The lowest BCUT2D eigenvalue weighted by Gasteiger charge is -2.20. The third-order valence-corrected chi connectivity index (χ3v) is 5.08. The largest absolute Gasteiger partial charge is 0.445 e. The average Bonchev–Trinajstić information content (AvgIpc) is 3.21. The van der Waals surface area contributed by atoms with E-state index in [-0.39, 0.29) is 29.4 Å². The number of rotatable bonds is 7. The number of amides is 1. The molecule has 1 aromatic carbocycles. The fourth-order valence-corrected chi connectivity index (χ4v) is 3.54. The van der Waals surface area contributed by atoms with Crippen molar-refractivity contribution in [1.82, 2.24) is 9.97 Å². The second kappa shape index (κ2) is 9.26. The van der Waals surface area contributed by atoms with E-state index in [1.807, 2.05) is 0 Å². The quantitative estimate of drug-likeness (QED) is 0.294. The van der Waals surface area contributed by atoms with E-state index in [1.54, 1.807) is 29.9 Å². The van der Waals surface area contributed by atoms with Gasteiger partial charge in [0.25, 0.3) is 5.69 Å². The van der Waals surface area contributed by atoms with Gasteiger partial charge in [-0.15, -0.1) is 11.3 Å². The monoisotopic (exact) mass is 430 g/mol. The summed E-state index contributed by atoms with van der Waals surface area (Å²) in [5.41, 5.74) is 0.830. The molecule has 3 aromatic rings. The van der Waals surface area contributed by atoms with Crippen molar-refractivity contribution in [2.75, 3.05) is 11.5 Å². The fourth-order valence-electron chi connectivity index (χ4n) is 2.50. The number of hydrogen-bond acceptors (Lipinski definition) is 7. The van der Waals surface area contributed by atoms with Crippen molar-refractivity contribution in [3.63, 3.8) is 0 Å². The summed E-state index contributed by atoms with van der Waals surface area (Å²) in [4.78, 5) is 33.2. The first-order chi connectivity index (χ1) is 14.0. The molecule has 2 aromatic heterocycles. The number of nitrogens with zero attached hydrogens (tertiary/aromatic N) is 4. The van der Waals surface area contributed by atoms with Crippen molar-refractivity contribution in [2.24, 2.45) is 0 Å². The van der Waals surface area contributed by atoms with Crippen LogP contribution in [0.4, 0.5) is 16.3 Å². The number of pyridine rings is 1. The summed E-state index contributed by atoms with van der Waals surface area (Å²) >= 11 is 7.51. The zero-order valence-corrected chi connectivity index (χ0v) is 16.6. The first-order valence-corrected chi connectivity index (χ1v) is 9.60. The Morgan fingerprint density at radius 1 is 1.34 bits per heavy atom. The summed E-state index contributed by atoms with van der Waals surface area (Å²) in [7, 11) is 0. The second-order valence-corrected chi connectivity index (χ2v) is 6.96. The van der Waals surface area contributed by atoms with E-state index in [4.69, 9.17) is 16.3 Å². The zero-order chi connectivity index (χ0) is 20.8. The van der Waals surface area contributed by atoms with E-state index in [1.165, 1.54) is 40.5 Å². The van der Waals surface area contributed by atoms with Gasteiger partial charge in [-0.3, -0.25) is 20.0 Å². The predicted molar refractivity (Wildman–Crippen MR) is 111 cm³/mol. The predicted octanol–water partition coefficient (Wildman–Crippen LogP) is 5.10. The number of hydrogen-bond donors (Lipinski definition) is 0.